The van der Waals surface area contributed by atoms with Gasteiger partial charge in [-0.3, -0.25) is 9.59 Å². The fraction of sp³-hybridized carbons (Fsp3) is 0.671. The molecule has 30 heteroatoms. The average Bonchev–Trinajstić information content (AvgIpc) is 1.03. The van der Waals surface area contributed by atoms with Crippen molar-refractivity contribution >= 4 is 84.7 Å². The standard InChI is InChI=1S/2C26H36F2N4O4S.C18H23ClF2N2O2S/c2*1-25(2,3)24-30-20-14-19(6-7-21(20)32(24)15-17-8-10-26(27,28)11-9-17)37(34,35)31-12-13-36-22(16-31)23(33)29-18-4-5-18;1-17(2,3)16-22-14-10-13(26(19,24)25)4-5-15(14)23(16)11-12-6-8-18(20,21)9-7-12/h2*6-7,14,17-18,22H,4-5,8-13,15-16H2,1-3H3,(H,29,33);4-5,10,12H,6-9,11H2,1-3H3/t2*22-;/m10./s1. The summed E-state index contributed by atoms with van der Waals surface area (Å²) in [7, 11) is -6.13. The number of fused-ring (bicyclic) bond motifs is 3. The molecule has 2 N–H and O–H groups in total. The number of imidazole rings is 3. The van der Waals surface area contributed by atoms with Gasteiger partial charge in [0, 0.05) is 123 Å². The number of amides is 2. The highest BCUT2D eigenvalue weighted by Crippen LogP contribution is 2.43. The van der Waals surface area contributed by atoms with Crippen LogP contribution in [0.5, 0.6) is 0 Å². The molecule has 2 amide bonds. The quantitative estimate of drug-likeness (QED) is 0.0719. The molecule has 2 saturated heterocycles. The summed E-state index contributed by atoms with van der Waals surface area (Å²) in [6.45, 7) is 20.6. The summed E-state index contributed by atoms with van der Waals surface area (Å²) in [5.41, 5.74) is 3.17. The van der Waals surface area contributed by atoms with Crippen LogP contribution in [0.25, 0.3) is 33.1 Å². The van der Waals surface area contributed by atoms with Gasteiger partial charge in [0.25, 0.3) is 20.9 Å². The van der Waals surface area contributed by atoms with Crippen LogP contribution in [-0.4, -0.2) is 156 Å². The van der Waals surface area contributed by atoms with E-state index in [0.717, 1.165) is 59.7 Å². The number of halogens is 7. The molecule has 7 aliphatic rings. The van der Waals surface area contributed by atoms with Crippen molar-refractivity contribution in [2.75, 3.05) is 39.4 Å². The molecule has 2 aliphatic heterocycles. The first kappa shape index (κ1) is 75.7. The van der Waals surface area contributed by atoms with Gasteiger partial charge in [-0.15, -0.1) is 0 Å². The maximum atomic E-state index is 13.7. The highest BCUT2D eigenvalue weighted by molar-refractivity contribution is 8.13. The van der Waals surface area contributed by atoms with Crippen LogP contribution < -0.4 is 10.6 Å². The Morgan fingerprint density at radius 1 is 0.470 bits per heavy atom. The van der Waals surface area contributed by atoms with E-state index in [9.17, 15) is 61.2 Å². The van der Waals surface area contributed by atoms with E-state index < -0.39 is 59.1 Å². The Morgan fingerprint density at radius 3 is 1.02 bits per heavy atom. The minimum absolute atomic E-state index is 0.00841. The van der Waals surface area contributed by atoms with Crippen molar-refractivity contribution < 1.29 is 70.7 Å². The van der Waals surface area contributed by atoms with E-state index in [1.165, 1.54) is 20.7 Å². The minimum Gasteiger partial charge on any atom is -0.366 e. The van der Waals surface area contributed by atoms with Crippen molar-refractivity contribution in [2.24, 2.45) is 17.8 Å². The lowest BCUT2D eigenvalue weighted by atomic mass is 9.86. The van der Waals surface area contributed by atoms with Gasteiger partial charge in [-0.25, -0.2) is 66.5 Å². The molecule has 6 aromatic rings. The maximum Gasteiger partial charge on any atom is 0.261 e. The number of ether oxygens (including phenoxy) is 2. The molecule has 3 aromatic carbocycles. The molecule has 13 rings (SSSR count). The first-order chi connectivity index (χ1) is 46.5. The molecular weight excluding hydrogens is 1390 g/mol. The lowest BCUT2D eigenvalue weighted by Crippen LogP contribution is -2.51. The molecule has 0 unspecified atom stereocenters. The molecule has 2 atom stereocenters. The smallest absolute Gasteiger partial charge is 0.261 e. The van der Waals surface area contributed by atoms with Crippen molar-refractivity contribution in [2.45, 2.75) is 258 Å². The summed E-state index contributed by atoms with van der Waals surface area (Å²) in [4.78, 5) is 39.4. The number of aromatic nitrogens is 6. The minimum atomic E-state index is -3.87. The summed E-state index contributed by atoms with van der Waals surface area (Å²) in [6.07, 6.45) is 4.31. The number of hydrogen-bond acceptors (Lipinski definition) is 13. The Labute approximate surface area is 586 Å². The van der Waals surface area contributed by atoms with Gasteiger partial charge in [0.15, 0.2) is 0 Å². The predicted molar refractivity (Wildman–Crippen MR) is 368 cm³/mol. The molecule has 3 aromatic heterocycles. The van der Waals surface area contributed by atoms with Crippen LogP contribution in [-0.2, 0) is 84.0 Å². The van der Waals surface area contributed by atoms with E-state index >= 15 is 0 Å². The number of hydrogen-bond donors (Lipinski definition) is 2. The van der Waals surface area contributed by atoms with Gasteiger partial charge in [-0.05, 0) is 137 Å². The molecule has 0 radical (unpaired) electrons. The summed E-state index contributed by atoms with van der Waals surface area (Å²) in [5, 5.41) is 5.76. The first-order valence-corrected chi connectivity index (χ1v) is 40.2. The van der Waals surface area contributed by atoms with Crippen LogP contribution in [0.2, 0.25) is 0 Å². The van der Waals surface area contributed by atoms with Crippen LogP contribution in [0.3, 0.4) is 0 Å². The molecule has 0 bridgehead atoms. The van der Waals surface area contributed by atoms with Crippen LogP contribution in [0.1, 0.15) is 183 Å². The zero-order valence-corrected chi connectivity index (χ0v) is 61.7. The van der Waals surface area contributed by atoms with Gasteiger partial charge in [0.1, 0.15) is 29.7 Å². The Kier molecular flexibility index (Phi) is 21.6. The molecule has 552 valence electrons. The summed E-state index contributed by atoms with van der Waals surface area (Å²) in [5.74, 6) is -5.44. The lowest BCUT2D eigenvalue weighted by molar-refractivity contribution is -0.137. The van der Waals surface area contributed by atoms with E-state index in [-0.39, 0.29) is 151 Å². The van der Waals surface area contributed by atoms with Crippen LogP contribution in [0.4, 0.5) is 26.3 Å². The first-order valence-electron chi connectivity index (χ1n) is 35.0. The van der Waals surface area contributed by atoms with E-state index in [4.69, 9.17) is 30.1 Å². The van der Waals surface area contributed by atoms with E-state index in [2.05, 4.69) is 24.8 Å². The zero-order chi connectivity index (χ0) is 72.5. The second kappa shape index (κ2) is 28.6. The van der Waals surface area contributed by atoms with Gasteiger partial charge in [-0.2, -0.15) is 8.61 Å². The SMILES string of the molecule is CC(C)(C)c1nc2cc(S(=O)(=O)Cl)ccc2n1CC1CCC(F)(F)CC1.CC(C)(C)c1nc2cc(S(=O)(=O)N3CCO[C@@H](C(=O)NC4CC4)C3)ccc2n1CC1CCC(F)(F)CC1.CC(C)(C)c1nc2cc(S(=O)(=O)N3CCO[C@H](C(=O)NC4CC4)C3)ccc2n1CC1CCC(F)(F)CC1. The molecule has 20 nitrogen and oxygen atoms in total. The molecular formula is C70H95ClF6N10O10S3. The number of alkyl halides is 6. The molecule has 0 spiro atoms. The second-order valence-electron chi connectivity index (χ2n) is 31.7. The van der Waals surface area contributed by atoms with Gasteiger partial charge < -0.3 is 33.8 Å². The monoisotopic (exact) mass is 1480 g/mol. The van der Waals surface area contributed by atoms with E-state index in [1.807, 2.05) is 66.9 Å². The van der Waals surface area contributed by atoms with Crippen molar-refractivity contribution in [3.8, 4) is 0 Å². The van der Waals surface area contributed by atoms with E-state index in [1.54, 1.807) is 42.5 Å². The number of morpholine rings is 2. The Bertz CT molecular complexity index is 4140. The largest absolute Gasteiger partial charge is 0.366 e. The van der Waals surface area contributed by atoms with Crippen LogP contribution >= 0.6 is 10.7 Å². The van der Waals surface area contributed by atoms with E-state index in [0.29, 0.717) is 74.7 Å². The van der Waals surface area contributed by atoms with Gasteiger partial charge in [-0.1, -0.05) is 62.3 Å². The number of carbonyl (C=O) groups excluding carboxylic acids is 2. The molecule has 5 heterocycles. The number of carbonyl (C=O) groups is 2. The summed E-state index contributed by atoms with van der Waals surface area (Å²) >= 11 is 0. The van der Waals surface area contributed by atoms with Gasteiger partial charge >= 0.3 is 0 Å². The number of benzene rings is 3. The topological polar surface area (TPSA) is 239 Å². The van der Waals surface area contributed by atoms with Crippen molar-refractivity contribution in [1.29, 1.82) is 0 Å². The lowest BCUT2D eigenvalue weighted by Gasteiger charge is -2.31. The molecule has 7 fully saturated rings. The number of nitrogens with zero attached hydrogens (tertiary/aromatic N) is 8. The van der Waals surface area contributed by atoms with Gasteiger partial charge in [0.2, 0.25) is 37.8 Å². The second-order valence-corrected chi connectivity index (χ2v) is 38.1. The van der Waals surface area contributed by atoms with Crippen molar-refractivity contribution in [3.63, 3.8) is 0 Å². The van der Waals surface area contributed by atoms with Gasteiger partial charge in [0.05, 0.1) is 61.0 Å². The summed E-state index contributed by atoms with van der Waals surface area (Å²) in [6, 6.07) is 14.8. The molecule has 100 heavy (non-hydrogen) atoms. The maximum absolute atomic E-state index is 13.7. The zero-order valence-electron chi connectivity index (χ0n) is 58.4. The fourth-order valence-corrected chi connectivity index (χ4v) is 17.7. The normalized spacial score (nSPS) is 22.6. The third-order valence-electron chi connectivity index (χ3n) is 20.1. The fourth-order valence-electron chi connectivity index (χ4n) is 14.0. The van der Waals surface area contributed by atoms with Crippen LogP contribution in [0, 0.1) is 17.8 Å². The Balaban J connectivity index is 0.000000154. The average molecular weight is 1480 g/mol. The predicted octanol–water partition coefficient (Wildman–Crippen LogP) is 12.7. The highest BCUT2D eigenvalue weighted by atomic mass is 35.7. The van der Waals surface area contributed by atoms with Crippen LogP contribution in [0.15, 0.2) is 69.3 Å². The molecule has 5 aliphatic carbocycles. The Morgan fingerprint density at radius 2 is 0.750 bits per heavy atom. The summed E-state index contributed by atoms with van der Waals surface area (Å²) < 4.78 is 179. The third-order valence-corrected chi connectivity index (χ3v) is 25.1. The highest BCUT2D eigenvalue weighted by Gasteiger charge is 2.42. The number of nitrogens with one attached hydrogen (secondary N) is 2. The van der Waals surface area contributed by atoms with Crippen molar-refractivity contribution in [3.05, 3.63) is 72.1 Å². The Hall–Kier alpha value is -5.43. The third kappa shape index (κ3) is 18.0. The molecule has 5 saturated carbocycles. The van der Waals surface area contributed by atoms with Crippen molar-refractivity contribution in [1.82, 2.24) is 47.9 Å². The number of rotatable bonds is 15. The number of sulfonamides is 2.